The lowest BCUT2D eigenvalue weighted by Crippen LogP contribution is -2.65. The van der Waals surface area contributed by atoms with Crippen molar-refractivity contribution in [3.05, 3.63) is 0 Å². The number of carbonyl (C=O) groups excluding carboxylic acids is 1. The molecule has 0 spiro atoms. The molecule has 6 heteroatoms. The minimum Gasteiger partial charge on any atom is -0.480 e. The summed E-state index contributed by atoms with van der Waals surface area (Å²) >= 11 is 0. The molecule has 0 radical (unpaired) electrons. The zero-order chi connectivity index (χ0) is 15.0. The molecule has 1 aliphatic heterocycles. The fraction of sp³-hybridized carbons (Fsp3) is 0.857. The molecule has 0 aromatic rings. The molecule has 2 aliphatic rings. The highest BCUT2D eigenvalue weighted by Gasteiger charge is 2.43. The standard InChI is InChI=1S/C14H24N2O4/c1-13(2)5-4-10(6-13)15-12(19)16-8-14(3,9-16)20-7-11(17)18/h10H,4-9H2,1-3H3,(H,15,19)(H,17,18). The molecule has 0 aromatic carbocycles. The summed E-state index contributed by atoms with van der Waals surface area (Å²) in [5, 5.41) is 11.6. The van der Waals surface area contributed by atoms with Crippen LogP contribution in [0.1, 0.15) is 40.0 Å². The topological polar surface area (TPSA) is 78.9 Å². The third-order valence-corrected chi connectivity index (χ3v) is 4.18. The van der Waals surface area contributed by atoms with Gasteiger partial charge in [-0.25, -0.2) is 9.59 Å². The molecule has 2 fully saturated rings. The number of ether oxygens (including phenoxy) is 1. The number of amides is 2. The Kier molecular flexibility index (Phi) is 3.95. The van der Waals surface area contributed by atoms with Gasteiger partial charge in [-0.2, -0.15) is 0 Å². The number of rotatable bonds is 4. The normalized spacial score (nSPS) is 26.9. The number of hydrogen-bond donors (Lipinski definition) is 2. The van der Waals surface area contributed by atoms with Crippen molar-refractivity contribution in [1.82, 2.24) is 10.2 Å². The quantitative estimate of drug-likeness (QED) is 0.819. The number of likely N-dealkylation sites (tertiary alicyclic amines) is 1. The van der Waals surface area contributed by atoms with Crippen LogP contribution < -0.4 is 5.32 Å². The average molecular weight is 284 g/mol. The fourth-order valence-corrected chi connectivity index (χ4v) is 3.06. The number of urea groups is 1. The summed E-state index contributed by atoms with van der Waals surface area (Å²) in [5.41, 5.74) is -0.212. The maximum atomic E-state index is 12.1. The first kappa shape index (κ1) is 15.1. The van der Waals surface area contributed by atoms with E-state index < -0.39 is 11.6 Å². The predicted octanol–water partition coefficient (Wildman–Crippen LogP) is 1.45. The number of carboxylic acids is 1. The van der Waals surface area contributed by atoms with E-state index in [0.717, 1.165) is 19.3 Å². The highest BCUT2D eigenvalue weighted by molar-refractivity contribution is 5.76. The smallest absolute Gasteiger partial charge is 0.329 e. The Hall–Kier alpha value is -1.30. The summed E-state index contributed by atoms with van der Waals surface area (Å²) in [6.07, 6.45) is 3.18. The zero-order valence-corrected chi connectivity index (χ0v) is 12.4. The number of aliphatic carboxylic acids is 1. The highest BCUT2D eigenvalue weighted by atomic mass is 16.5. The number of carbonyl (C=O) groups is 2. The molecule has 20 heavy (non-hydrogen) atoms. The van der Waals surface area contributed by atoms with Crippen LogP contribution in [0.15, 0.2) is 0 Å². The molecule has 1 saturated carbocycles. The summed E-state index contributed by atoms with van der Waals surface area (Å²) in [6, 6.07) is 0.188. The largest absolute Gasteiger partial charge is 0.480 e. The highest BCUT2D eigenvalue weighted by Crippen LogP contribution is 2.37. The molecule has 0 bridgehead atoms. The van der Waals surface area contributed by atoms with Crippen molar-refractivity contribution in [3.63, 3.8) is 0 Å². The minimum atomic E-state index is -0.984. The Morgan fingerprint density at radius 1 is 1.35 bits per heavy atom. The Bertz CT molecular complexity index is 402. The molecule has 114 valence electrons. The van der Waals surface area contributed by atoms with Crippen LogP contribution in [-0.4, -0.2) is 53.3 Å². The first-order valence-electron chi connectivity index (χ1n) is 7.10. The van der Waals surface area contributed by atoms with Crippen LogP contribution in [0.5, 0.6) is 0 Å². The second-order valence-corrected chi connectivity index (χ2v) is 7.04. The van der Waals surface area contributed by atoms with E-state index in [1.54, 1.807) is 4.90 Å². The molecule has 2 rings (SSSR count). The molecule has 1 saturated heterocycles. The molecular formula is C14H24N2O4. The van der Waals surface area contributed by atoms with Gasteiger partial charge < -0.3 is 20.1 Å². The first-order valence-corrected chi connectivity index (χ1v) is 7.10. The van der Waals surface area contributed by atoms with E-state index in [4.69, 9.17) is 9.84 Å². The van der Waals surface area contributed by atoms with E-state index in [-0.39, 0.29) is 18.7 Å². The summed E-state index contributed by atoms with van der Waals surface area (Å²) in [4.78, 5) is 24.2. The van der Waals surface area contributed by atoms with Crippen LogP contribution in [0, 0.1) is 5.41 Å². The number of hydrogen-bond acceptors (Lipinski definition) is 3. The van der Waals surface area contributed by atoms with Crippen LogP contribution >= 0.6 is 0 Å². The van der Waals surface area contributed by atoms with Gasteiger partial charge in [-0.3, -0.25) is 0 Å². The van der Waals surface area contributed by atoms with E-state index in [1.165, 1.54) is 0 Å². The van der Waals surface area contributed by atoms with Crippen molar-refractivity contribution in [2.45, 2.75) is 51.7 Å². The number of carboxylic acid groups (broad SMARTS) is 1. The molecule has 1 unspecified atom stereocenters. The van der Waals surface area contributed by atoms with Crippen LogP contribution in [-0.2, 0) is 9.53 Å². The third kappa shape index (κ3) is 3.62. The Morgan fingerprint density at radius 3 is 2.50 bits per heavy atom. The van der Waals surface area contributed by atoms with Crippen molar-refractivity contribution in [2.24, 2.45) is 5.41 Å². The van der Waals surface area contributed by atoms with E-state index >= 15 is 0 Å². The van der Waals surface area contributed by atoms with Gasteiger partial charge in [-0.1, -0.05) is 13.8 Å². The monoisotopic (exact) mass is 284 g/mol. The summed E-state index contributed by atoms with van der Waals surface area (Å²) in [6.45, 7) is 6.85. The lowest BCUT2D eigenvalue weighted by Gasteiger charge is -2.47. The van der Waals surface area contributed by atoms with E-state index in [1.807, 2.05) is 6.92 Å². The Labute approximate surface area is 119 Å². The van der Waals surface area contributed by atoms with Crippen molar-refractivity contribution in [3.8, 4) is 0 Å². The van der Waals surface area contributed by atoms with Crippen molar-refractivity contribution >= 4 is 12.0 Å². The van der Waals surface area contributed by atoms with Gasteiger partial charge in [0, 0.05) is 6.04 Å². The first-order chi connectivity index (χ1) is 9.19. The summed E-state index contributed by atoms with van der Waals surface area (Å²) in [5.74, 6) is -0.984. The van der Waals surface area contributed by atoms with Gasteiger partial charge in [-0.15, -0.1) is 0 Å². The fourth-order valence-electron chi connectivity index (χ4n) is 3.06. The molecule has 1 aliphatic carbocycles. The predicted molar refractivity (Wildman–Crippen MR) is 73.5 cm³/mol. The molecule has 2 N–H and O–H groups in total. The minimum absolute atomic E-state index is 0.0656. The lowest BCUT2D eigenvalue weighted by atomic mass is 9.92. The molecule has 6 nitrogen and oxygen atoms in total. The van der Waals surface area contributed by atoms with E-state index in [2.05, 4.69) is 19.2 Å². The van der Waals surface area contributed by atoms with E-state index in [0.29, 0.717) is 18.5 Å². The van der Waals surface area contributed by atoms with Crippen LogP contribution in [0.25, 0.3) is 0 Å². The lowest BCUT2D eigenvalue weighted by molar-refractivity contribution is -0.159. The summed E-state index contributed by atoms with van der Waals surface area (Å²) < 4.78 is 5.29. The van der Waals surface area contributed by atoms with Crippen molar-refractivity contribution in [1.29, 1.82) is 0 Å². The molecule has 2 amide bonds. The van der Waals surface area contributed by atoms with Gasteiger partial charge in [-0.05, 0) is 31.6 Å². The Morgan fingerprint density at radius 2 is 2.00 bits per heavy atom. The second kappa shape index (κ2) is 5.24. The molecular weight excluding hydrogens is 260 g/mol. The van der Waals surface area contributed by atoms with Gasteiger partial charge >= 0.3 is 12.0 Å². The molecule has 0 aromatic heterocycles. The zero-order valence-electron chi connectivity index (χ0n) is 12.4. The number of nitrogens with one attached hydrogen (secondary N) is 1. The number of nitrogens with zero attached hydrogens (tertiary/aromatic N) is 1. The van der Waals surface area contributed by atoms with Crippen LogP contribution in [0.4, 0.5) is 4.79 Å². The van der Waals surface area contributed by atoms with Gasteiger partial charge in [0.25, 0.3) is 0 Å². The van der Waals surface area contributed by atoms with Crippen molar-refractivity contribution in [2.75, 3.05) is 19.7 Å². The maximum absolute atomic E-state index is 12.1. The van der Waals surface area contributed by atoms with Gasteiger partial charge in [0.1, 0.15) is 12.2 Å². The average Bonchev–Trinajstić information content (AvgIpc) is 2.62. The molecule has 1 heterocycles. The third-order valence-electron chi connectivity index (χ3n) is 4.18. The van der Waals surface area contributed by atoms with Gasteiger partial charge in [0.2, 0.25) is 0 Å². The SMILES string of the molecule is CC1(C)CCC(NC(=O)N2CC(C)(OCC(=O)O)C2)C1. The Balaban J connectivity index is 1.73. The molecule has 1 atom stereocenters. The maximum Gasteiger partial charge on any atom is 0.329 e. The summed E-state index contributed by atoms with van der Waals surface area (Å²) in [7, 11) is 0. The van der Waals surface area contributed by atoms with Crippen LogP contribution in [0.3, 0.4) is 0 Å². The van der Waals surface area contributed by atoms with Crippen molar-refractivity contribution < 1.29 is 19.4 Å². The van der Waals surface area contributed by atoms with Gasteiger partial charge in [0.15, 0.2) is 0 Å². The van der Waals surface area contributed by atoms with Crippen LogP contribution in [0.2, 0.25) is 0 Å². The second-order valence-electron chi connectivity index (χ2n) is 7.04. The van der Waals surface area contributed by atoms with E-state index in [9.17, 15) is 9.59 Å². The van der Waals surface area contributed by atoms with Gasteiger partial charge in [0.05, 0.1) is 13.1 Å².